The maximum Gasteiger partial charge on any atom is 0.103 e. The third kappa shape index (κ3) is 2.33. The summed E-state index contributed by atoms with van der Waals surface area (Å²) in [6.45, 7) is 3.07. The first kappa shape index (κ1) is 14.8. The molecule has 2 aromatic heterocycles. The third-order valence-corrected chi connectivity index (χ3v) is 5.20. The molecule has 0 amide bonds. The van der Waals surface area contributed by atoms with Gasteiger partial charge in [-0.3, -0.25) is 4.98 Å². The minimum absolute atomic E-state index is 0.289. The van der Waals surface area contributed by atoms with Gasteiger partial charge in [-0.1, -0.05) is 12.1 Å². The second kappa shape index (κ2) is 5.68. The summed E-state index contributed by atoms with van der Waals surface area (Å²) in [6.07, 6.45) is 7.43. The quantitative estimate of drug-likeness (QED) is 0.777. The molecule has 2 atom stereocenters. The van der Waals surface area contributed by atoms with Gasteiger partial charge in [-0.25, -0.2) is 0 Å². The van der Waals surface area contributed by atoms with Gasteiger partial charge in [0.1, 0.15) is 5.41 Å². The van der Waals surface area contributed by atoms with Crippen LogP contribution in [-0.2, 0) is 5.41 Å². The van der Waals surface area contributed by atoms with Crippen molar-refractivity contribution in [3.63, 3.8) is 0 Å². The molecule has 0 radical (unpaired) electrons. The zero-order valence-corrected chi connectivity index (χ0v) is 13.7. The number of nitrogens with one attached hydrogen (secondary N) is 1. The zero-order valence-electron chi connectivity index (χ0n) is 13.7. The average molecular weight is 316 g/mol. The highest BCUT2D eigenvalue weighted by molar-refractivity contribution is 5.85. The number of anilines is 1. The summed E-state index contributed by atoms with van der Waals surface area (Å²) in [5.41, 5.74) is 1.65. The fourth-order valence-corrected chi connectivity index (χ4v) is 3.89. The maximum atomic E-state index is 9.87. The van der Waals surface area contributed by atoms with Gasteiger partial charge < -0.3 is 9.88 Å². The van der Waals surface area contributed by atoms with Crippen LogP contribution in [0.4, 0.5) is 5.69 Å². The molecule has 0 spiro atoms. The number of pyridine rings is 1. The Balaban J connectivity index is 1.63. The highest BCUT2D eigenvalue weighted by Gasteiger charge is 2.41. The molecule has 4 heteroatoms. The molecule has 0 bridgehead atoms. The number of nitriles is 1. The number of fused-ring (bicyclic) bond motifs is 1. The summed E-state index contributed by atoms with van der Waals surface area (Å²) in [7, 11) is 0. The molecule has 3 aromatic rings. The fraction of sp³-hybridized carbons (Fsp3) is 0.300. The van der Waals surface area contributed by atoms with Gasteiger partial charge in [-0.15, -0.1) is 0 Å². The zero-order chi connectivity index (χ0) is 16.6. The number of nitrogens with zero attached hydrogens (tertiary/aromatic N) is 3. The summed E-state index contributed by atoms with van der Waals surface area (Å²) >= 11 is 0. The van der Waals surface area contributed by atoms with Crippen LogP contribution in [0.3, 0.4) is 0 Å². The predicted octanol–water partition coefficient (Wildman–Crippen LogP) is 4.01. The van der Waals surface area contributed by atoms with E-state index in [9.17, 15) is 5.26 Å². The largest absolute Gasteiger partial charge is 0.369 e. The molecule has 3 heterocycles. The van der Waals surface area contributed by atoms with Crippen molar-refractivity contribution in [2.24, 2.45) is 0 Å². The standard InChI is InChI=1S/C20H20N4/c1-15-11-20(14-21,19-4-2-3-8-23-19)7-9-24(15)18-6-5-16-12-22-13-17(16)10-18/h2-6,8,10,12-13,15,22H,7,9,11H2,1H3. The molecule has 0 saturated carbocycles. The Kier molecular flexibility index (Phi) is 3.50. The molecule has 2 unspecified atom stereocenters. The van der Waals surface area contributed by atoms with Crippen molar-refractivity contribution >= 4 is 16.5 Å². The van der Waals surface area contributed by atoms with E-state index in [0.717, 1.165) is 25.1 Å². The van der Waals surface area contributed by atoms with Crippen molar-refractivity contribution in [3.8, 4) is 6.07 Å². The van der Waals surface area contributed by atoms with Gasteiger partial charge in [0.05, 0.1) is 11.8 Å². The Morgan fingerprint density at radius 3 is 2.88 bits per heavy atom. The van der Waals surface area contributed by atoms with Gasteiger partial charge in [0.25, 0.3) is 0 Å². The number of hydrogen-bond acceptors (Lipinski definition) is 3. The van der Waals surface area contributed by atoms with Crippen LogP contribution in [0.5, 0.6) is 0 Å². The van der Waals surface area contributed by atoms with Gasteiger partial charge in [0.2, 0.25) is 0 Å². The summed E-state index contributed by atoms with van der Waals surface area (Å²) in [4.78, 5) is 10.0. The number of hydrogen-bond donors (Lipinski definition) is 1. The Morgan fingerprint density at radius 1 is 1.25 bits per heavy atom. The van der Waals surface area contributed by atoms with Crippen LogP contribution in [0.25, 0.3) is 10.8 Å². The van der Waals surface area contributed by atoms with Gasteiger partial charge in [0, 0.05) is 42.3 Å². The lowest BCUT2D eigenvalue weighted by Crippen LogP contribution is -2.47. The molecule has 1 fully saturated rings. The molecule has 1 aliphatic rings. The monoisotopic (exact) mass is 316 g/mol. The topological polar surface area (TPSA) is 55.7 Å². The van der Waals surface area contributed by atoms with E-state index in [1.54, 1.807) is 6.20 Å². The number of H-pyrrole nitrogens is 1. The van der Waals surface area contributed by atoms with Crippen LogP contribution < -0.4 is 4.90 Å². The van der Waals surface area contributed by atoms with Crippen molar-refractivity contribution in [3.05, 3.63) is 60.7 Å². The highest BCUT2D eigenvalue weighted by Crippen LogP contribution is 2.39. The predicted molar refractivity (Wildman–Crippen MR) is 95.9 cm³/mol. The molecule has 4 nitrogen and oxygen atoms in total. The van der Waals surface area contributed by atoms with E-state index in [1.807, 2.05) is 30.6 Å². The highest BCUT2D eigenvalue weighted by atomic mass is 15.2. The smallest absolute Gasteiger partial charge is 0.103 e. The van der Waals surface area contributed by atoms with E-state index >= 15 is 0 Å². The normalized spacial score (nSPS) is 24.0. The molecule has 24 heavy (non-hydrogen) atoms. The lowest BCUT2D eigenvalue weighted by atomic mass is 9.74. The van der Waals surface area contributed by atoms with E-state index in [2.05, 4.69) is 46.1 Å². The Hall–Kier alpha value is -2.80. The third-order valence-electron chi connectivity index (χ3n) is 5.20. The number of aromatic amines is 1. The summed E-state index contributed by atoms with van der Waals surface area (Å²) in [6, 6.07) is 15.3. The van der Waals surface area contributed by atoms with E-state index in [-0.39, 0.29) is 6.04 Å². The lowest BCUT2D eigenvalue weighted by molar-refractivity contribution is 0.353. The average Bonchev–Trinajstić information content (AvgIpc) is 3.10. The Morgan fingerprint density at radius 2 is 2.12 bits per heavy atom. The summed E-state index contributed by atoms with van der Waals surface area (Å²) in [5, 5.41) is 12.3. The van der Waals surface area contributed by atoms with Gasteiger partial charge in [-0.05, 0) is 49.4 Å². The molecule has 1 N–H and O–H groups in total. The van der Waals surface area contributed by atoms with Crippen LogP contribution in [0.15, 0.2) is 55.0 Å². The van der Waals surface area contributed by atoms with Crippen molar-refractivity contribution in [1.82, 2.24) is 9.97 Å². The van der Waals surface area contributed by atoms with E-state index in [1.165, 1.54) is 16.5 Å². The van der Waals surface area contributed by atoms with Crippen LogP contribution >= 0.6 is 0 Å². The first-order chi connectivity index (χ1) is 11.7. The van der Waals surface area contributed by atoms with Crippen molar-refractivity contribution < 1.29 is 0 Å². The molecular formula is C20H20N4. The van der Waals surface area contributed by atoms with E-state index in [0.29, 0.717) is 0 Å². The molecule has 1 aromatic carbocycles. The number of benzene rings is 1. The Bertz CT molecular complexity index is 893. The minimum atomic E-state index is -0.477. The van der Waals surface area contributed by atoms with Gasteiger partial charge in [0.15, 0.2) is 0 Å². The molecule has 1 aliphatic heterocycles. The first-order valence-electron chi connectivity index (χ1n) is 8.38. The Labute approximate surface area is 141 Å². The van der Waals surface area contributed by atoms with Gasteiger partial charge in [-0.2, -0.15) is 5.26 Å². The molecule has 1 saturated heterocycles. The van der Waals surface area contributed by atoms with E-state index < -0.39 is 5.41 Å². The maximum absolute atomic E-state index is 9.87. The molecule has 120 valence electrons. The van der Waals surface area contributed by atoms with Crippen LogP contribution in [0.2, 0.25) is 0 Å². The molecule has 4 rings (SSSR count). The van der Waals surface area contributed by atoms with Crippen LogP contribution in [0.1, 0.15) is 25.5 Å². The summed E-state index contributed by atoms with van der Waals surface area (Å²) < 4.78 is 0. The summed E-state index contributed by atoms with van der Waals surface area (Å²) in [5.74, 6) is 0. The first-order valence-corrected chi connectivity index (χ1v) is 8.38. The SMILES string of the molecule is CC1CC(C#N)(c2ccccn2)CCN1c1ccc2c[nH]cc2c1. The fourth-order valence-electron chi connectivity index (χ4n) is 3.89. The van der Waals surface area contributed by atoms with Crippen molar-refractivity contribution in [1.29, 1.82) is 5.26 Å². The minimum Gasteiger partial charge on any atom is -0.369 e. The van der Waals surface area contributed by atoms with E-state index in [4.69, 9.17) is 0 Å². The van der Waals surface area contributed by atoms with Crippen molar-refractivity contribution in [2.45, 2.75) is 31.2 Å². The van der Waals surface area contributed by atoms with Gasteiger partial charge >= 0.3 is 0 Å². The number of aromatic nitrogens is 2. The van der Waals surface area contributed by atoms with Crippen LogP contribution in [0, 0.1) is 11.3 Å². The lowest BCUT2D eigenvalue weighted by Gasteiger charge is -2.43. The second-order valence-electron chi connectivity index (χ2n) is 6.67. The number of piperidine rings is 1. The number of rotatable bonds is 2. The van der Waals surface area contributed by atoms with Crippen molar-refractivity contribution in [2.75, 3.05) is 11.4 Å². The second-order valence-corrected chi connectivity index (χ2v) is 6.67. The molecule has 0 aliphatic carbocycles. The molecular weight excluding hydrogens is 296 g/mol. The van der Waals surface area contributed by atoms with Crippen LogP contribution in [-0.4, -0.2) is 22.6 Å².